The zero-order chi connectivity index (χ0) is 20.7. The quantitative estimate of drug-likeness (QED) is 0.745. The van der Waals surface area contributed by atoms with Crippen LogP contribution >= 0.6 is 0 Å². The molecule has 2 amide bonds. The van der Waals surface area contributed by atoms with Crippen molar-refractivity contribution in [3.8, 4) is 0 Å². The molecule has 0 radical (unpaired) electrons. The van der Waals surface area contributed by atoms with Gasteiger partial charge in [-0.25, -0.2) is 4.39 Å². The lowest BCUT2D eigenvalue weighted by Crippen LogP contribution is -2.67. The average Bonchev–Trinajstić information content (AvgIpc) is 2.59. The molecule has 0 atom stereocenters. The Kier molecular flexibility index (Phi) is 5.40. The maximum absolute atomic E-state index is 13.2. The van der Waals surface area contributed by atoms with Crippen molar-refractivity contribution >= 4 is 17.5 Å². The number of carbonyl (C=O) groups excluding carboxylic acids is 2. The van der Waals surface area contributed by atoms with Gasteiger partial charge in [0.25, 0.3) is 0 Å². The van der Waals surface area contributed by atoms with Crippen LogP contribution in [-0.2, 0) is 9.59 Å². The van der Waals surface area contributed by atoms with Crippen LogP contribution in [0.25, 0.3) is 0 Å². The molecule has 0 bridgehead atoms. The molecule has 0 spiro atoms. The van der Waals surface area contributed by atoms with Crippen molar-refractivity contribution in [1.82, 2.24) is 9.80 Å². The first-order chi connectivity index (χ1) is 13.0. The standard InChI is InChI=1S/C21H31FN4O2/c1-20(2)13-16(23)14-21(3,4)26(20)19(28)18(27)25-11-9-24(10-12-25)17-7-5-15(22)6-8-17/h5-8,16H,9-14,23H2,1-4H3. The molecule has 2 aliphatic heterocycles. The van der Waals surface area contributed by atoms with Gasteiger partial charge in [0.05, 0.1) is 0 Å². The maximum Gasteiger partial charge on any atom is 0.312 e. The summed E-state index contributed by atoms with van der Waals surface area (Å²) in [6.07, 6.45) is 1.35. The number of piperazine rings is 1. The SMILES string of the molecule is CC1(C)CC(N)CC(C)(C)N1C(=O)C(=O)N1CCN(c2ccc(F)cc2)CC1. The third-order valence-corrected chi connectivity index (χ3v) is 5.88. The number of rotatable bonds is 1. The molecule has 0 unspecified atom stereocenters. The largest absolute Gasteiger partial charge is 0.368 e. The lowest BCUT2D eigenvalue weighted by Gasteiger charge is -2.54. The van der Waals surface area contributed by atoms with Crippen molar-refractivity contribution in [3.05, 3.63) is 30.1 Å². The first-order valence-corrected chi connectivity index (χ1v) is 9.91. The number of hydrogen-bond acceptors (Lipinski definition) is 4. The van der Waals surface area contributed by atoms with E-state index >= 15 is 0 Å². The molecular weight excluding hydrogens is 359 g/mol. The summed E-state index contributed by atoms with van der Waals surface area (Å²) in [7, 11) is 0. The summed E-state index contributed by atoms with van der Waals surface area (Å²) in [5.74, 6) is -1.16. The maximum atomic E-state index is 13.2. The molecule has 2 heterocycles. The summed E-state index contributed by atoms with van der Waals surface area (Å²) in [6.45, 7) is 10.1. The zero-order valence-corrected chi connectivity index (χ0v) is 17.2. The Morgan fingerprint density at radius 1 is 0.929 bits per heavy atom. The van der Waals surface area contributed by atoms with Gasteiger partial charge < -0.3 is 20.4 Å². The minimum Gasteiger partial charge on any atom is -0.368 e. The van der Waals surface area contributed by atoms with Crippen LogP contribution in [0.2, 0.25) is 0 Å². The van der Waals surface area contributed by atoms with Gasteiger partial charge in [0.1, 0.15) is 5.82 Å². The van der Waals surface area contributed by atoms with E-state index in [1.54, 1.807) is 21.9 Å². The number of anilines is 1. The van der Waals surface area contributed by atoms with Crippen LogP contribution in [0, 0.1) is 5.82 Å². The summed E-state index contributed by atoms with van der Waals surface area (Å²) >= 11 is 0. The fourth-order valence-corrected chi connectivity index (χ4v) is 4.96. The van der Waals surface area contributed by atoms with Crippen LogP contribution in [0.1, 0.15) is 40.5 Å². The Balaban J connectivity index is 1.67. The van der Waals surface area contributed by atoms with E-state index in [1.807, 2.05) is 27.7 Å². The van der Waals surface area contributed by atoms with Crippen molar-refractivity contribution in [2.45, 2.75) is 57.7 Å². The van der Waals surface area contributed by atoms with Gasteiger partial charge in [-0.2, -0.15) is 0 Å². The predicted octanol–water partition coefficient (Wildman–Crippen LogP) is 1.98. The molecule has 2 N–H and O–H groups in total. The van der Waals surface area contributed by atoms with Gasteiger partial charge in [-0.1, -0.05) is 0 Å². The van der Waals surface area contributed by atoms with Crippen LogP contribution in [0.5, 0.6) is 0 Å². The fraction of sp³-hybridized carbons (Fsp3) is 0.619. The van der Waals surface area contributed by atoms with Crippen molar-refractivity contribution in [1.29, 1.82) is 0 Å². The van der Waals surface area contributed by atoms with Crippen LogP contribution in [0.3, 0.4) is 0 Å². The number of hydrogen-bond donors (Lipinski definition) is 1. The number of nitrogens with two attached hydrogens (primary N) is 1. The number of nitrogens with zero attached hydrogens (tertiary/aromatic N) is 3. The highest BCUT2D eigenvalue weighted by molar-refractivity contribution is 6.35. The Hall–Kier alpha value is -2.15. The Bertz CT molecular complexity index is 721. The highest BCUT2D eigenvalue weighted by Crippen LogP contribution is 2.38. The van der Waals surface area contributed by atoms with E-state index in [1.165, 1.54) is 12.1 Å². The second-order valence-electron chi connectivity index (χ2n) is 9.19. The summed E-state index contributed by atoms with van der Waals surface area (Å²) in [4.78, 5) is 31.6. The van der Waals surface area contributed by atoms with Gasteiger partial charge in [0, 0.05) is 49.0 Å². The van der Waals surface area contributed by atoms with E-state index in [4.69, 9.17) is 5.73 Å². The van der Waals surface area contributed by atoms with Crippen molar-refractivity contribution in [2.75, 3.05) is 31.1 Å². The molecule has 2 saturated heterocycles. The molecule has 0 aromatic heterocycles. The number of benzene rings is 1. The van der Waals surface area contributed by atoms with E-state index in [-0.39, 0.29) is 11.9 Å². The van der Waals surface area contributed by atoms with Crippen LogP contribution in [-0.4, -0.2) is 64.9 Å². The van der Waals surface area contributed by atoms with Crippen molar-refractivity contribution < 1.29 is 14.0 Å². The molecule has 154 valence electrons. The first kappa shape index (κ1) is 20.6. The van der Waals surface area contributed by atoms with E-state index in [9.17, 15) is 14.0 Å². The van der Waals surface area contributed by atoms with E-state index < -0.39 is 22.9 Å². The van der Waals surface area contributed by atoms with Crippen LogP contribution in [0.15, 0.2) is 24.3 Å². The number of amides is 2. The van der Waals surface area contributed by atoms with Crippen molar-refractivity contribution in [3.63, 3.8) is 0 Å². The van der Waals surface area contributed by atoms with Gasteiger partial charge in [-0.3, -0.25) is 9.59 Å². The number of halogens is 1. The fourth-order valence-electron chi connectivity index (χ4n) is 4.96. The van der Waals surface area contributed by atoms with Gasteiger partial charge >= 0.3 is 11.8 Å². The number of piperidine rings is 1. The molecule has 2 fully saturated rings. The normalized spacial score (nSPS) is 22.3. The lowest BCUT2D eigenvalue weighted by molar-refractivity contribution is -0.163. The Labute approximate surface area is 166 Å². The minimum atomic E-state index is -0.468. The number of carbonyl (C=O) groups is 2. The number of likely N-dealkylation sites (tertiary alicyclic amines) is 1. The van der Waals surface area contributed by atoms with Crippen molar-refractivity contribution in [2.24, 2.45) is 5.73 Å². The molecule has 1 aromatic rings. The topological polar surface area (TPSA) is 69.9 Å². The molecule has 0 aliphatic carbocycles. The van der Waals surface area contributed by atoms with Gasteiger partial charge in [-0.05, 0) is 64.8 Å². The molecule has 28 heavy (non-hydrogen) atoms. The first-order valence-electron chi connectivity index (χ1n) is 9.91. The minimum absolute atomic E-state index is 0.0170. The zero-order valence-electron chi connectivity index (χ0n) is 17.2. The monoisotopic (exact) mass is 390 g/mol. The third kappa shape index (κ3) is 3.99. The van der Waals surface area contributed by atoms with Crippen LogP contribution in [0.4, 0.5) is 10.1 Å². The summed E-state index contributed by atoms with van der Waals surface area (Å²) in [5, 5.41) is 0. The smallest absolute Gasteiger partial charge is 0.312 e. The predicted molar refractivity (Wildman–Crippen MR) is 107 cm³/mol. The molecule has 6 nitrogen and oxygen atoms in total. The van der Waals surface area contributed by atoms with Gasteiger partial charge in [-0.15, -0.1) is 0 Å². The van der Waals surface area contributed by atoms with Gasteiger partial charge in [0.2, 0.25) is 0 Å². The van der Waals surface area contributed by atoms with E-state index in [2.05, 4.69) is 4.90 Å². The lowest BCUT2D eigenvalue weighted by atomic mass is 9.77. The molecule has 0 saturated carbocycles. The Morgan fingerprint density at radius 2 is 1.43 bits per heavy atom. The second-order valence-corrected chi connectivity index (χ2v) is 9.19. The van der Waals surface area contributed by atoms with E-state index in [0.29, 0.717) is 39.0 Å². The average molecular weight is 391 g/mol. The highest BCUT2D eigenvalue weighted by Gasteiger charge is 2.49. The van der Waals surface area contributed by atoms with Crippen LogP contribution < -0.4 is 10.6 Å². The van der Waals surface area contributed by atoms with Gasteiger partial charge in [0.15, 0.2) is 0 Å². The van der Waals surface area contributed by atoms with E-state index in [0.717, 1.165) is 5.69 Å². The Morgan fingerprint density at radius 3 is 1.93 bits per heavy atom. The highest BCUT2D eigenvalue weighted by atomic mass is 19.1. The molecule has 1 aromatic carbocycles. The summed E-state index contributed by atoms with van der Waals surface area (Å²) in [6, 6.07) is 6.35. The third-order valence-electron chi connectivity index (χ3n) is 5.88. The summed E-state index contributed by atoms with van der Waals surface area (Å²) in [5.41, 5.74) is 6.17. The second kappa shape index (κ2) is 7.35. The molecule has 7 heteroatoms. The summed E-state index contributed by atoms with van der Waals surface area (Å²) < 4.78 is 13.1. The molecule has 2 aliphatic rings. The molecule has 3 rings (SSSR count). The molecular formula is C21H31FN4O2.